The number of aryl methyl sites for hydroxylation is 1. The second-order valence-electron chi connectivity index (χ2n) is 14.4. The van der Waals surface area contributed by atoms with Gasteiger partial charge in [-0.15, -0.1) is 0 Å². The molecule has 4 N–H and O–H groups in total. The van der Waals surface area contributed by atoms with Crippen LogP contribution in [0.1, 0.15) is 55.6 Å². The maximum atomic E-state index is 12.6. The predicted octanol–water partition coefficient (Wildman–Crippen LogP) is 3.37. The quantitative estimate of drug-likeness (QED) is 0.150. The van der Waals surface area contributed by atoms with Crippen molar-refractivity contribution in [1.82, 2.24) is 29.9 Å². The Hall–Kier alpha value is -5.16. The van der Waals surface area contributed by atoms with Gasteiger partial charge in [-0.2, -0.15) is 5.10 Å². The number of anilines is 1. The second-order valence-corrected chi connectivity index (χ2v) is 14.4. The van der Waals surface area contributed by atoms with E-state index in [1.54, 1.807) is 33.7 Å². The number of aromatic amines is 1. The highest BCUT2D eigenvalue weighted by Gasteiger charge is 2.32. The molecule has 3 fully saturated rings. The first-order chi connectivity index (χ1) is 25.6. The van der Waals surface area contributed by atoms with Crippen LogP contribution in [0.3, 0.4) is 0 Å². The lowest BCUT2D eigenvalue weighted by Crippen LogP contribution is -2.47. The molecule has 3 aliphatic rings. The predicted molar refractivity (Wildman–Crippen MR) is 202 cm³/mol. The van der Waals surface area contributed by atoms with Gasteiger partial charge in [-0.3, -0.25) is 34.6 Å². The smallest absolute Gasteiger partial charge is 0.276 e. The van der Waals surface area contributed by atoms with Crippen LogP contribution in [0.2, 0.25) is 0 Å². The number of aliphatic hydroxyl groups is 1. The van der Waals surface area contributed by atoms with Crippen LogP contribution < -0.4 is 25.7 Å². The number of carbonyl (C=O) groups excluding carboxylic acids is 2. The highest BCUT2D eigenvalue weighted by Crippen LogP contribution is 2.38. The van der Waals surface area contributed by atoms with Crippen molar-refractivity contribution >= 4 is 28.4 Å². The summed E-state index contributed by atoms with van der Waals surface area (Å²) < 4.78 is 13.3. The zero-order valence-electron chi connectivity index (χ0n) is 30.5. The van der Waals surface area contributed by atoms with Gasteiger partial charge in [-0.1, -0.05) is 24.0 Å². The average Bonchev–Trinajstić information content (AvgIpc) is 3.66. The number of ether oxygens (including phenoxy) is 2. The van der Waals surface area contributed by atoms with E-state index in [2.05, 4.69) is 54.6 Å². The van der Waals surface area contributed by atoms with Gasteiger partial charge in [0.2, 0.25) is 11.8 Å². The first kappa shape index (κ1) is 36.2. The summed E-state index contributed by atoms with van der Waals surface area (Å²) in [5, 5.41) is 24.6. The third-order valence-corrected chi connectivity index (χ3v) is 10.9. The van der Waals surface area contributed by atoms with Gasteiger partial charge >= 0.3 is 0 Å². The number of fused-ring (bicyclic) bond motifs is 1. The Labute approximate surface area is 308 Å². The highest BCUT2D eigenvalue weighted by atomic mass is 16.5. The number of likely N-dealkylation sites (tertiary alicyclic amines) is 2. The summed E-state index contributed by atoms with van der Waals surface area (Å²) in [6, 6.07) is 11.8. The van der Waals surface area contributed by atoms with Gasteiger partial charge in [0, 0.05) is 68.8 Å². The molecule has 4 aromatic rings. The minimum absolute atomic E-state index is 0.143. The van der Waals surface area contributed by atoms with Crippen LogP contribution >= 0.6 is 0 Å². The van der Waals surface area contributed by atoms with E-state index in [9.17, 15) is 19.5 Å². The lowest BCUT2D eigenvalue weighted by Gasteiger charge is -2.35. The summed E-state index contributed by atoms with van der Waals surface area (Å²) in [5.74, 6) is 7.86. The lowest BCUT2D eigenvalue weighted by molar-refractivity contribution is -0.133. The molecule has 1 atom stereocenters. The van der Waals surface area contributed by atoms with E-state index < -0.39 is 5.60 Å². The van der Waals surface area contributed by atoms with Crippen LogP contribution in [0.25, 0.3) is 22.0 Å². The number of nitrogens with one attached hydrogen (secondary N) is 3. The molecular weight excluding hydrogens is 674 g/mol. The normalized spacial score (nSPS) is 19.7. The number of methoxy groups -OCH3 is 2. The van der Waals surface area contributed by atoms with E-state index in [1.807, 2.05) is 24.3 Å². The van der Waals surface area contributed by atoms with Crippen molar-refractivity contribution in [2.45, 2.75) is 62.6 Å². The summed E-state index contributed by atoms with van der Waals surface area (Å²) in [6.07, 6.45) is 7.49. The molecule has 0 aliphatic carbocycles. The summed E-state index contributed by atoms with van der Waals surface area (Å²) in [5.41, 5.74) is 4.08. The van der Waals surface area contributed by atoms with E-state index in [1.165, 1.54) is 10.1 Å². The first-order valence-electron chi connectivity index (χ1n) is 18.3. The van der Waals surface area contributed by atoms with Crippen molar-refractivity contribution < 1.29 is 24.2 Å². The molecule has 278 valence electrons. The maximum absolute atomic E-state index is 12.6. The zero-order chi connectivity index (χ0) is 37.1. The number of H-pyrrole nitrogens is 1. The van der Waals surface area contributed by atoms with Gasteiger partial charge < -0.3 is 24.5 Å². The van der Waals surface area contributed by atoms with Crippen molar-refractivity contribution in [2.24, 2.45) is 7.05 Å². The molecule has 7 rings (SSSR count). The Balaban J connectivity index is 0.905. The number of amides is 2. The van der Waals surface area contributed by atoms with Crippen LogP contribution in [0.4, 0.5) is 5.69 Å². The van der Waals surface area contributed by atoms with E-state index in [0.29, 0.717) is 74.8 Å². The van der Waals surface area contributed by atoms with E-state index in [0.717, 1.165) is 53.7 Å². The Bertz CT molecular complexity index is 2070. The van der Waals surface area contributed by atoms with Gasteiger partial charge in [0.05, 0.1) is 32.5 Å². The molecule has 2 aromatic heterocycles. The van der Waals surface area contributed by atoms with Crippen molar-refractivity contribution in [3.63, 3.8) is 0 Å². The van der Waals surface area contributed by atoms with Crippen molar-refractivity contribution in [1.29, 1.82) is 0 Å². The third-order valence-electron chi connectivity index (χ3n) is 10.9. The van der Waals surface area contributed by atoms with Gasteiger partial charge in [-0.05, 0) is 73.7 Å². The molecular formula is C40H47N7O6. The Kier molecular flexibility index (Phi) is 10.5. The van der Waals surface area contributed by atoms with Crippen LogP contribution in [0.15, 0.2) is 53.6 Å². The number of rotatable bonds is 9. The van der Waals surface area contributed by atoms with Crippen molar-refractivity contribution in [3.05, 3.63) is 70.3 Å². The topological polar surface area (TPSA) is 154 Å². The van der Waals surface area contributed by atoms with Gasteiger partial charge in [0.1, 0.15) is 28.7 Å². The SMILES string of the molecule is COc1cc(-c2cn(C)c(=O)c3[nH]ncc23)cc(OC)c1CN1CCC(O)(C#CCN2CCC(c3ccc(NC4CCC(=O)NC4=O)cc3)CC2)CC1. The molecule has 0 saturated carbocycles. The number of nitrogens with zero attached hydrogens (tertiary/aromatic N) is 4. The van der Waals surface area contributed by atoms with Crippen molar-refractivity contribution in [2.75, 3.05) is 52.3 Å². The second kappa shape index (κ2) is 15.4. The number of hydrogen-bond donors (Lipinski definition) is 4. The van der Waals surface area contributed by atoms with Crippen LogP contribution in [0, 0.1) is 11.8 Å². The van der Waals surface area contributed by atoms with Crippen LogP contribution in [0.5, 0.6) is 11.5 Å². The maximum Gasteiger partial charge on any atom is 0.276 e. The fourth-order valence-corrected chi connectivity index (χ4v) is 7.73. The Morgan fingerprint density at radius 1 is 0.981 bits per heavy atom. The summed E-state index contributed by atoms with van der Waals surface area (Å²) in [7, 11) is 5.01. The standard InChI is InChI=1S/C40H47N7O6/c1-45-24-31(30-23-41-44-37(30)39(45)50)28-21-34(52-2)32(35(22-28)53-3)25-47-19-14-40(51,15-20-47)13-4-16-46-17-11-27(12-18-46)26-5-7-29(8-6-26)42-33-9-10-36(48)43-38(33)49/h5-8,21-24,27,33,42,51H,9-12,14-20,25H2,1-3H3,(H,41,44)(H,43,48,49). The first-order valence-corrected chi connectivity index (χ1v) is 18.3. The van der Waals surface area contributed by atoms with E-state index in [-0.39, 0.29) is 23.4 Å². The number of aromatic nitrogens is 3. The van der Waals surface area contributed by atoms with E-state index >= 15 is 0 Å². The molecule has 53 heavy (non-hydrogen) atoms. The summed E-state index contributed by atoms with van der Waals surface area (Å²) >= 11 is 0. The molecule has 3 aliphatic heterocycles. The number of pyridine rings is 1. The lowest BCUT2D eigenvalue weighted by atomic mass is 9.89. The molecule has 2 amide bonds. The van der Waals surface area contributed by atoms with Gasteiger partial charge in [-0.25, -0.2) is 0 Å². The van der Waals surface area contributed by atoms with Gasteiger partial charge in [0.15, 0.2) is 0 Å². The number of piperidine rings is 3. The molecule has 2 aromatic carbocycles. The largest absolute Gasteiger partial charge is 0.496 e. The Morgan fingerprint density at radius 2 is 1.68 bits per heavy atom. The average molecular weight is 722 g/mol. The van der Waals surface area contributed by atoms with Crippen molar-refractivity contribution in [3.8, 4) is 34.5 Å². The number of carbonyl (C=O) groups is 2. The minimum Gasteiger partial charge on any atom is -0.496 e. The molecule has 0 radical (unpaired) electrons. The monoisotopic (exact) mass is 721 g/mol. The molecule has 0 spiro atoms. The Morgan fingerprint density at radius 3 is 2.34 bits per heavy atom. The highest BCUT2D eigenvalue weighted by molar-refractivity contribution is 6.01. The molecule has 3 saturated heterocycles. The number of hydrogen-bond acceptors (Lipinski definition) is 10. The summed E-state index contributed by atoms with van der Waals surface area (Å²) in [4.78, 5) is 40.7. The van der Waals surface area contributed by atoms with Gasteiger partial charge in [0.25, 0.3) is 5.56 Å². The zero-order valence-corrected chi connectivity index (χ0v) is 30.5. The molecule has 13 nitrogen and oxygen atoms in total. The molecule has 13 heteroatoms. The fraction of sp³-hybridized carbons (Fsp3) is 0.450. The molecule has 1 unspecified atom stereocenters. The summed E-state index contributed by atoms with van der Waals surface area (Å²) in [6.45, 7) is 4.48. The van der Waals surface area contributed by atoms with Crippen LogP contribution in [-0.2, 0) is 23.2 Å². The van der Waals surface area contributed by atoms with E-state index in [4.69, 9.17) is 9.47 Å². The number of imide groups is 1. The molecule has 5 heterocycles. The number of benzene rings is 2. The van der Waals surface area contributed by atoms with Crippen LogP contribution in [-0.4, -0.2) is 100 Å². The molecule has 0 bridgehead atoms. The fourth-order valence-electron chi connectivity index (χ4n) is 7.73. The third kappa shape index (κ3) is 7.95. The minimum atomic E-state index is -1.02.